The van der Waals surface area contributed by atoms with Gasteiger partial charge >= 0.3 is 0 Å². The zero-order valence-corrected chi connectivity index (χ0v) is 17.7. The predicted molar refractivity (Wildman–Crippen MR) is 122 cm³/mol. The summed E-state index contributed by atoms with van der Waals surface area (Å²) >= 11 is 1.59. The van der Waals surface area contributed by atoms with Crippen molar-refractivity contribution in [2.45, 2.75) is 20.8 Å². The topological polar surface area (TPSA) is 70.7 Å². The summed E-state index contributed by atoms with van der Waals surface area (Å²) in [5, 5.41) is 5.94. The van der Waals surface area contributed by atoms with E-state index in [2.05, 4.69) is 29.1 Å². The molecule has 4 heterocycles. The number of aromatic nitrogens is 3. The van der Waals surface area contributed by atoms with Gasteiger partial charge in [-0.15, -0.1) is 11.3 Å². The first-order valence-corrected chi connectivity index (χ1v) is 10.6. The highest BCUT2D eigenvalue weighted by Gasteiger charge is 2.25. The molecule has 5 nitrogen and oxygen atoms in total. The normalized spacial score (nSPS) is 14.2. The summed E-state index contributed by atoms with van der Waals surface area (Å²) in [5.74, 6) is -0.0826. The Morgan fingerprint density at radius 3 is 2.67 bits per heavy atom. The third-order valence-electron chi connectivity index (χ3n) is 5.65. The van der Waals surface area contributed by atoms with Crippen molar-refractivity contribution in [1.82, 2.24) is 15.0 Å². The predicted octanol–water partition coefficient (Wildman–Crippen LogP) is 5.62. The van der Waals surface area contributed by atoms with E-state index in [1.807, 2.05) is 54.9 Å². The minimum atomic E-state index is -0.0826. The molecule has 0 atom stereocenters. The first-order chi connectivity index (χ1) is 14.5. The van der Waals surface area contributed by atoms with Gasteiger partial charge in [-0.05, 0) is 62.2 Å². The maximum atomic E-state index is 12.7. The van der Waals surface area contributed by atoms with Crippen molar-refractivity contribution in [3.63, 3.8) is 0 Å². The lowest BCUT2D eigenvalue weighted by atomic mass is 10.0. The molecule has 0 saturated carbocycles. The van der Waals surface area contributed by atoms with Crippen LogP contribution in [0.25, 0.3) is 33.5 Å². The van der Waals surface area contributed by atoms with Gasteiger partial charge in [-0.25, -0.2) is 4.98 Å². The molecule has 148 valence electrons. The summed E-state index contributed by atoms with van der Waals surface area (Å²) in [6.07, 6.45) is 5.52. The lowest BCUT2D eigenvalue weighted by Crippen LogP contribution is -2.03. The summed E-state index contributed by atoms with van der Waals surface area (Å²) in [6.45, 7) is 6.21. The Bertz CT molecular complexity index is 1310. The highest BCUT2D eigenvalue weighted by atomic mass is 32.1. The van der Waals surface area contributed by atoms with Crippen molar-refractivity contribution in [3.8, 4) is 21.8 Å². The molecule has 0 saturated heterocycles. The van der Waals surface area contributed by atoms with E-state index in [-0.39, 0.29) is 5.91 Å². The molecule has 2 N–H and O–H groups in total. The minimum Gasteiger partial charge on any atom is -0.359 e. The number of amides is 1. The van der Waals surface area contributed by atoms with Crippen LogP contribution in [-0.2, 0) is 4.79 Å². The second kappa shape index (κ2) is 7.07. The maximum Gasteiger partial charge on any atom is 0.256 e. The zero-order chi connectivity index (χ0) is 20.8. The van der Waals surface area contributed by atoms with Crippen LogP contribution in [0.2, 0.25) is 0 Å². The Hall–Kier alpha value is -3.51. The second-order valence-electron chi connectivity index (χ2n) is 7.47. The lowest BCUT2D eigenvalue weighted by molar-refractivity contribution is -0.110. The molecule has 4 aromatic rings. The summed E-state index contributed by atoms with van der Waals surface area (Å²) < 4.78 is 0. The number of aromatic amines is 1. The number of carbonyl (C=O) groups is 1. The minimum absolute atomic E-state index is 0.0826. The number of fused-ring (bicyclic) bond motifs is 1. The monoisotopic (exact) mass is 412 g/mol. The number of rotatable bonds is 3. The fourth-order valence-electron chi connectivity index (χ4n) is 3.68. The number of nitrogens with one attached hydrogen (secondary N) is 2. The molecule has 0 unspecified atom stereocenters. The van der Waals surface area contributed by atoms with E-state index in [9.17, 15) is 4.79 Å². The van der Waals surface area contributed by atoms with Crippen molar-refractivity contribution in [3.05, 3.63) is 76.2 Å². The maximum absolute atomic E-state index is 12.7. The van der Waals surface area contributed by atoms with Crippen molar-refractivity contribution >= 4 is 34.6 Å². The highest BCUT2D eigenvalue weighted by molar-refractivity contribution is 7.13. The number of thiazole rings is 1. The van der Waals surface area contributed by atoms with Crippen LogP contribution in [0.15, 0.2) is 48.1 Å². The average molecular weight is 413 g/mol. The molecule has 3 aromatic heterocycles. The van der Waals surface area contributed by atoms with Gasteiger partial charge in [0.1, 0.15) is 5.01 Å². The van der Waals surface area contributed by atoms with E-state index in [0.29, 0.717) is 5.57 Å². The first kappa shape index (κ1) is 18.5. The number of hydrogen-bond donors (Lipinski definition) is 2. The van der Waals surface area contributed by atoms with Crippen LogP contribution in [0.1, 0.15) is 28.1 Å². The number of nitrogens with zero attached hydrogens (tertiary/aromatic N) is 2. The number of H-pyrrole nitrogens is 1. The van der Waals surface area contributed by atoms with Crippen LogP contribution >= 0.6 is 11.3 Å². The number of benzene rings is 1. The molecular formula is C24H20N4OS. The standard InChI is InChI=1S/C24H20N4OS/c1-13-14(2)21(26-15(13)3)10-19-18-9-16(6-7-20(18)27-23(19)29)22-12-30-24(28-22)17-5-4-8-25-11-17/h4-12,26H,1-3H3,(H,27,29)/b19-10-. The number of pyridine rings is 1. The van der Waals surface area contributed by atoms with Crippen LogP contribution in [0.5, 0.6) is 0 Å². The Morgan fingerprint density at radius 1 is 1.07 bits per heavy atom. The quantitative estimate of drug-likeness (QED) is 0.429. The number of carbonyl (C=O) groups excluding carboxylic acids is 1. The Labute approximate surface area is 178 Å². The van der Waals surface area contributed by atoms with Crippen LogP contribution in [0, 0.1) is 20.8 Å². The van der Waals surface area contributed by atoms with E-state index >= 15 is 0 Å². The van der Waals surface area contributed by atoms with Crippen molar-refractivity contribution in [2.24, 2.45) is 0 Å². The van der Waals surface area contributed by atoms with Gasteiger partial charge in [-0.1, -0.05) is 6.07 Å². The summed E-state index contributed by atoms with van der Waals surface area (Å²) in [4.78, 5) is 25.0. The largest absolute Gasteiger partial charge is 0.359 e. The van der Waals surface area contributed by atoms with Gasteiger partial charge in [0.25, 0.3) is 5.91 Å². The van der Waals surface area contributed by atoms with Gasteiger partial charge in [0.15, 0.2) is 0 Å². The van der Waals surface area contributed by atoms with Gasteiger partial charge in [-0.2, -0.15) is 0 Å². The summed E-state index contributed by atoms with van der Waals surface area (Å²) in [5.41, 5.74) is 9.75. The summed E-state index contributed by atoms with van der Waals surface area (Å²) in [7, 11) is 0. The molecule has 5 rings (SSSR count). The molecule has 30 heavy (non-hydrogen) atoms. The van der Waals surface area contributed by atoms with E-state index < -0.39 is 0 Å². The number of aryl methyl sites for hydroxylation is 1. The molecule has 0 aliphatic carbocycles. The first-order valence-electron chi connectivity index (χ1n) is 9.71. The van der Waals surface area contributed by atoms with Gasteiger partial charge < -0.3 is 10.3 Å². The van der Waals surface area contributed by atoms with Gasteiger partial charge in [0.2, 0.25) is 0 Å². The molecule has 0 spiro atoms. The molecular weight excluding hydrogens is 392 g/mol. The number of anilines is 1. The molecule has 0 bridgehead atoms. The molecule has 6 heteroatoms. The average Bonchev–Trinajstić information content (AvgIpc) is 3.43. The van der Waals surface area contributed by atoms with Crippen LogP contribution in [0.4, 0.5) is 5.69 Å². The van der Waals surface area contributed by atoms with Crippen molar-refractivity contribution in [2.75, 3.05) is 5.32 Å². The Balaban J connectivity index is 1.55. The smallest absolute Gasteiger partial charge is 0.256 e. The molecule has 0 radical (unpaired) electrons. The van der Waals surface area contributed by atoms with Gasteiger partial charge in [0, 0.05) is 51.5 Å². The second-order valence-corrected chi connectivity index (χ2v) is 8.32. The van der Waals surface area contributed by atoms with E-state index in [1.165, 1.54) is 5.56 Å². The Morgan fingerprint density at radius 2 is 1.93 bits per heavy atom. The van der Waals surface area contributed by atoms with Crippen molar-refractivity contribution in [1.29, 1.82) is 0 Å². The zero-order valence-electron chi connectivity index (χ0n) is 16.9. The third kappa shape index (κ3) is 3.06. The SMILES string of the molecule is Cc1[nH]c(/C=C2\C(=O)Nc3ccc(-c4csc(-c5cccnc5)n4)cc32)c(C)c1C. The summed E-state index contributed by atoms with van der Waals surface area (Å²) in [6, 6.07) is 9.90. The molecule has 1 aromatic carbocycles. The van der Waals surface area contributed by atoms with Crippen LogP contribution < -0.4 is 5.32 Å². The molecule has 1 aliphatic heterocycles. The molecule has 0 fully saturated rings. The molecule has 1 aliphatic rings. The number of hydrogen-bond acceptors (Lipinski definition) is 4. The van der Waals surface area contributed by atoms with Crippen LogP contribution in [0.3, 0.4) is 0 Å². The van der Waals surface area contributed by atoms with Crippen molar-refractivity contribution < 1.29 is 4.79 Å². The lowest BCUT2D eigenvalue weighted by Gasteiger charge is -2.03. The fraction of sp³-hybridized carbons (Fsp3) is 0.125. The van der Waals surface area contributed by atoms with Crippen LogP contribution in [-0.4, -0.2) is 20.9 Å². The van der Waals surface area contributed by atoms with E-state index in [4.69, 9.17) is 4.98 Å². The van der Waals surface area contributed by atoms with Gasteiger partial charge in [-0.3, -0.25) is 9.78 Å². The highest BCUT2D eigenvalue weighted by Crippen LogP contribution is 2.37. The third-order valence-corrected chi connectivity index (χ3v) is 6.54. The van der Waals surface area contributed by atoms with E-state index in [0.717, 1.165) is 50.0 Å². The van der Waals surface area contributed by atoms with Gasteiger partial charge in [0.05, 0.1) is 11.3 Å². The fourth-order valence-corrected chi connectivity index (χ4v) is 4.50. The Kier molecular flexibility index (Phi) is 4.37. The van der Waals surface area contributed by atoms with E-state index in [1.54, 1.807) is 17.5 Å². The molecule has 1 amide bonds.